The number of aliphatic hydroxyl groups excluding tert-OH is 4. The van der Waals surface area contributed by atoms with Gasteiger partial charge in [-0.15, -0.1) is 75.9 Å². The van der Waals surface area contributed by atoms with Crippen molar-refractivity contribution in [2.75, 3.05) is 93.5 Å². The number of methoxy groups -OCH3 is 2. The van der Waals surface area contributed by atoms with Crippen LogP contribution in [0.4, 0.5) is 0 Å². The maximum absolute atomic E-state index is 11.9. The van der Waals surface area contributed by atoms with Gasteiger partial charge >= 0.3 is 240 Å². The molecule has 0 aliphatic carbocycles. The monoisotopic (exact) mass is 2530 g/mol. The second-order valence-electron chi connectivity index (χ2n) is 23.0. The van der Waals surface area contributed by atoms with Crippen molar-refractivity contribution in [1.82, 2.24) is 20.8 Å². The number of nitrogens with one attached hydrogen (secondary N) is 2. The van der Waals surface area contributed by atoms with Crippen LogP contribution in [0, 0.1) is 240 Å². The Labute approximate surface area is 878 Å². The minimum atomic E-state index is -1.43. The van der Waals surface area contributed by atoms with Gasteiger partial charge in [0.25, 0.3) is 11.8 Å². The van der Waals surface area contributed by atoms with E-state index in [-0.39, 0.29) is 354 Å². The van der Waals surface area contributed by atoms with Crippen molar-refractivity contribution in [2.45, 2.75) is 118 Å². The number of nitrogens with zero attached hydrogens (tertiary/aromatic N) is 4. The number of para-hydroxylation sites is 2. The summed E-state index contributed by atoms with van der Waals surface area (Å²) in [4.78, 5) is 90.2. The number of hydrogen-bond acceptors (Lipinski definition) is 38. The normalized spacial score (nSPS) is 10.4. The van der Waals surface area contributed by atoms with Crippen LogP contribution in [0.1, 0.15) is 127 Å². The summed E-state index contributed by atoms with van der Waals surface area (Å²) < 4.78 is 9.81. The van der Waals surface area contributed by atoms with Gasteiger partial charge in [0.1, 0.15) is 34.5 Å². The van der Waals surface area contributed by atoms with Gasteiger partial charge in [0, 0.05) is 33.5 Å². The van der Waals surface area contributed by atoms with Gasteiger partial charge in [-0.2, -0.15) is 10.2 Å². The Balaban J connectivity index is -0.0000000869. The molecule has 668 valence electrons. The summed E-state index contributed by atoms with van der Waals surface area (Å²) in [6.45, 7) is 8.05. The van der Waals surface area contributed by atoms with E-state index < -0.39 is 126 Å². The van der Waals surface area contributed by atoms with Crippen LogP contribution in [-0.4, -0.2) is 205 Å². The number of pyridine rings is 2. The molecule has 4 radical (unpaired) electrons. The Morgan fingerprint density at radius 2 is 0.585 bits per heavy atom. The standard InChI is InChI=1S/2C15H14N3O4.4C5H8O2.4C4H9NO3.2C3H6O.6Gd/c2*1-22-13-7-2-4-10(14(13)20)8-16-18-15(21)12-6-3-5-11(9-19)17-12;4*1-4(6)3-5(2)7;4*5-4(1-6,2-7)3-8;2*1-3(2)4;;;;;;/h2*2-8,20H,9H2,1H3,(H,18,21);4*3,6H,1-2H3;4*6H,1-3,5H2;2*1-2H3;;;;;;/q2*-1;;;;;4*-2;;;2*+2;4*+3/p-6/b2*16-8+;4*4-3-;;;;;;;;;;;;. The summed E-state index contributed by atoms with van der Waals surface area (Å²) in [7, 11) is 2.79. The topological polar surface area (TPSA) is 784 Å². The van der Waals surface area contributed by atoms with Crippen molar-refractivity contribution >= 4 is 58.9 Å². The number of hydrogen-bond donors (Lipinski definition) is 10. The molecule has 4 aromatic rings. The molecule has 4 rings (SSSR count). The molecule has 118 heavy (non-hydrogen) atoms. The molecule has 2 aromatic carbocycles. The van der Waals surface area contributed by atoms with Gasteiger partial charge in [0.05, 0.1) is 53.1 Å². The zero-order chi connectivity index (χ0) is 89.0. The Morgan fingerprint density at radius 1 is 0.390 bits per heavy atom. The second kappa shape index (κ2) is 90.9. The van der Waals surface area contributed by atoms with Gasteiger partial charge in [-0.1, -0.05) is 88.8 Å². The third-order valence-electron chi connectivity index (χ3n) is 10.8. The van der Waals surface area contributed by atoms with Crippen LogP contribution in [0.2, 0.25) is 0 Å². The molecule has 2 heterocycles. The van der Waals surface area contributed by atoms with Crippen LogP contribution >= 0.6 is 0 Å². The van der Waals surface area contributed by atoms with E-state index in [0.717, 1.165) is 24.3 Å². The van der Waals surface area contributed by atoms with Crippen LogP contribution in [0.3, 0.4) is 0 Å². The summed E-state index contributed by atoms with van der Waals surface area (Å²) in [5.41, 5.74) is 20.1. The SMILES string of the molecule is CC(=O)/C=C(/C)[O-].CC(=O)/C=C(/C)[O-].CC(=O)/C=C(/C)[O-].CC(=O)/C=C(/C)[O-].CC(C)=O.CC(C)=O.COc1cccc(/C=N/NC(=O)c2cccc(C[O-])n2)c1[O-].COc1cccc(/C=N/NC(=O)c2cccc(C[O-])n2)c1[O-].NC(C[O-])(C[O-])CO.NC(C[O-])(C[O-])CO.NC(C[O-])(C[O-])CO.NC(C[O-])(C[O-])CO.[Gd+2].[Gd+2].[Gd+3].[Gd+3].[Gd+3].[Gd+3]. The van der Waals surface area contributed by atoms with E-state index in [9.17, 15) is 120 Å². The van der Waals surface area contributed by atoms with Crippen LogP contribution in [-0.2, 0) is 42.0 Å². The molecule has 0 saturated heterocycles. The van der Waals surface area contributed by atoms with Crippen molar-refractivity contribution in [3.63, 3.8) is 0 Å². The first-order chi connectivity index (χ1) is 52.0. The van der Waals surface area contributed by atoms with Gasteiger partial charge in [-0.3, -0.25) is 28.8 Å². The van der Waals surface area contributed by atoms with Crippen molar-refractivity contribution < 1.29 is 390 Å². The molecule has 0 unspecified atom stereocenters. The second-order valence-corrected chi connectivity index (χ2v) is 23.0. The van der Waals surface area contributed by atoms with E-state index >= 15 is 0 Å². The number of amides is 2. The quantitative estimate of drug-likeness (QED) is 0.0121. The summed E-state index contributed by atoms with van der Waals surface area (Å²) in [6, 6.07) is 18.6. The van der Waals surface area contributed by atoms with Crippen LogP contribution in [0.5, 0.6) is 23.0 Å². The average molecular weight is 2530 g/mol. The number of Topliss-reactive ketones (excluding diaryl/α,β-unsaturated/α-hetero) is 2. The molecule has 46 heteroatoms. The molecule has 0 saturated carbocycles. The summed E-state index contributed by atoms with van der Waals surface area (Å²) >= 11 is 0. The Morgan fingerprint density at radius 3 is 0.720 bits per heavy atom. The number of aliphatic hydroxyl groups is 4. The van der Waals surface area contributed by atoms with Crippen LogP contribution in [0.25, 0.3) is 0 Å². The Kier molecular flexibility index (Phi) is 113. The van der Waals surface area contributed by atoms with Gasteiger partial charge < -0.3 is 144 Å². The third kappa shape index (κ3) is 91.3. The van der Waals surface area contributed by atoms with E-state index in [2.05, 4.69) is 31.0 Å². The smallest absolute Gasteiger partial charge is 0.876 e. The van der Waals surface area contributed by atoms with Gasteiger partial charge in [-0.25, -0.2) is 20.8 Å². The van der Waals surface area contributed by atoms with E-state index in [1.54, 1.807) is 36.4 Å². The fourth-order valence-corrected chi connectivity index (χ4v) is 5.08. The fraction of sp³-hybridized carbons (Fsp3) is 0.444. The van der Waals surface area contributed by atoms with Crippen molar-refractivity contribution in [3.05, 3.63) is 154 Å². The van der Waals surface area contributed by atoms with Gasteiger partial charge in [0.2, 0.25) is 0 Å². The minimum absolute atomic E-state index is 0. The maximum Gasteiger partial charge on any atom is 3.00 e. The zero-order valence-electron chi connectivity index (χ0n) is 66.9. The number of hydrazone groups is 2. The van der Waals surface area contributed by atoms with Crippen LogP contribution < -0.4 is 125 Å². The predicted molar refractivity (Wildman–Crippen MR) is 376 cm³/mol. The van der Waals surface area contributed by atoms with Crippen LogP contribution in [0.15, 0.2) is 130 Å². The largest absolute Gasteiger partial charge is 3.00 e. The van der Waals surface area contributed by atoms with E-state index in [1.165, 1.54) is 146 Å². The molecule has 2 aromatic heterocycles. The number of aromatic nitrogens is 2. The van der Waals surface area contributed by atoms with E-state index in [1.807, 2.05) is 0 Å². The molecule has 0 aliphatic heterocycles. The fourth-order valence-electron chi connectivity index (χ4n) is 5.08. The maximum atomic E-state index is 11.9. The third-order valence-corrected chi connectivity index (χ3v) is 10.8. The first-order valence-corrected chi connectivity index (χ1v) is 32.1. The van der Waals surface area contributed by atoms with Crippen molar-refractivity contribution in [3.8, 4) is 23.0 Å². The Hall–Kier alpha value is -2.37. The zero-order valence-corrected chi connectivity index (χ0v) is 80.5. The number of carbonyl (C=O) groups excluding carboxylic acids is 8. The minimum Gasteiger partial charge on any atom is -0.876 e. The number of allylic oxidation sites excluding steroid dienone is 8. The molecule has 0 atom stereocenters. The molecule has 40 nitrogen and oxygen atoms in total. The number of carbonyl (C=O) groups is 8. The first kappa shape index (κ1) is 147. The number of benzene rings is 2. The number of ketones is 6. The van der Waals surface area contributed by atoms with E-state index in [0.29, 0.717) is 0 Å². The molecule has 0 spiro atoms. The van der Waals surface area contributed by atoms with Gasteiger partial charge in [-0.05, 0) is 127 Å². The molecular formula is C72H102Gd6N10O30. The summed E-state index contributed by atoms with van der Waals surface area (Å²) in [6.07, 6.45) is 6.67. The number of rotatable bonds is 26. The number of nitrogens with two attached hydrogens (primary N) is 4. The summed E-state index contributed by atoms with van der Waals surface area (Å²) in [5.74, 6) is -2.56. The molecule has 14 N–H and O–H groups in total. The Bertz CT molecular complexity index is 3160. The molecular weight excluding hydrogens is 2430 g/mol. The summed E-state index contributed by atoms with van der Waals surface area (Å²) in [5, 5.41) is 205. The predicted octanol–water partition coefficient (Wildman–Crippen LogP) is -14.3. The van der Waals surface area contributed by atoms with Crippen molar-refractivity contribution in [2.24, 2.45) is 33.1 Å². The van der Waals surface area contributed by atoms with E-state index in [4.69, 9.17) is 52.8 Å². The molecule has 0 bridgehead atoms. The van der Waals surface area contributed by atoms with Crippen molar-refractivity contribution in [1.29, 1.82) is 0 Å². The molecule has 0 aliphatic rings. The molecule has 2 amide bonds. The van der Waals surface area contributed by atoms with Gasteiger partial charge in [0.15, 0.2) is 23.1 Å². The average Bonchev–Trinajstić information content (AvgIpc) is 0.868. The first-order valence-electron chi connectivity index (χ1n) is 32.1. The number of ether oxygens (including phenoxy) is 2. The molecule has 0 fully saturated rings.